The second-order valence-corrected chi connectivity index (χ2v) is 4.83. The first-order valence-electron chi connectivity index (χ1n) is 5.48. The van der Waals surface area contributed by atoms with E-state index in [0.29, 0.717) is 0 Å². The Morgan fingerprint density at radius 2 is 1.75 bits per heavy atom. The van der Waals surface area contributed by atoms with Gasteiger partial charge in [-0.05, 0) is 38.8 Å². The first kappa shape index (κ1) is 12.7. The monoisotopic (exact) mass is 216 g/mol. The van der Waals surface area contributed by atoms with Crippen molar-refractivity contribution in [3.8, 4) is 0 Å². The summed E-state index contributed by atoms with van der Waals surface area (Å²) in [4.78, 5) is 0. The molecule has 1 rings (SSSR count). The van der Waals surface area contributed by atoms with Gasteiger partial charge >= 0.3 is 0 Å². The third-order valence-electron chi connectivity index (χ3n) is 2.41. The number of aryl methyl sites for hydroxylation is 1. The second kappa shape index (κ2) is 4.67. The van der Waals surface area contributed by atoms with Crippen LogP contribution in [0.25, 0.3) is 5.57 Å². The zero-order valence-corrected chi connectivity index (χ0v) is 10.5. The van der Waals surface area contributed by atoms with Crippen LogP contribution in [0.15, 0.2) is 42.5 Å². The van der Waals surface area contributed by atoms with Gasteiger partial charge in [-0.2, -0.15) is 0 Å². The van der Waals surface area contributed by atoms with Crippen molar-refractivity contribution in [2.75, 3.05) is 0 Å². The summed E-state index contributed by atoms with van der Waals surface area (Å²) in [6.07, 6.45) is 1.94. The molecule has 86 valence electrons. The van der Waals surface area contributed by atoms with Crippen LogP contribution in [0.1, 0.15) is 31.9 Å². The molecule has 0 bridgehead atoms. The highest BCUT2D eigenvalue weighted by atomic mass is 16.3. The minimum Gasteiger partial charge on any atom is -0.386 e. The quantitative estimate of drug-likeness (QED) is 0.763. The van der Waals surface area contributed by atoms with Crippen LogP contribution < -0.4 is 0 Å². The van der Waals surface area contributed by atoms with Crippen LogP contribution in [-0.4, -0.2) is 10.7 Å². The maximum Gasteiger partial charge on any atom is 0.0846 e. The average Bonchev–Trinajstić information content (AvgIpc) is 2.14. The largest absolute Gasteiger partial charge is 0.386 e. The molecule has 1 heteroatoms. The molecule has 0 heterocycles. The standard InChI is InChI=1S/C15H20O/c1-11(2)10-14(15(4,5)16)13-8-6-12(3)7-9-13/h6-10,16H,1H2,2-5H3/b14-10-. The summed E-state index contributed by atoms with van der Waals surface area (Å²) < 4.78 is 0. The molecule has 0 spiro atoms. The van der Waals surface area contributed by atoms with Crippen LogP contribution in [-0.2, 0) is 0 Å². The van der Waals surface area contributed by atoms with Crippen LogP contribution in [0.5, 0.6) is 0 Å². The summed E-state index contributed by atoms with van der Waals surface area (Å²) in [6.45, 7) is 11.4. The predicted molar refractivity (Wildman–Crippen MR) is 70.3 cm³/mol. The molecule has 0 radical (unpaired) electrons. The van der Waals surface area contributed by atoms with E-state index >= 15 is 0 Å². The Labute approximate surface area is 98.1 Å². The zero-order valence-electron chi connectivity index (χ0n) is 10.5. The lowest BCUT2D eigenvalue weighted by atomic mass is 9.89. The van der Waals surface area contributed by atoms with E-state index in [-0.39, 0.29) is 0 Å². The number of aliphatic hydroxyl groups is 1. The van der Waals surface area contributed by atoms with Gasteiger partial charge in [0.1, 0.15) is 0 Å². The molecule has 0 saturated carbocycles. The van der Waals surface area contributed by atoms with Gasteiger partial charge in [0.2, 0.25) is 0 Å². The Balaban J connectivity index is 3.23. The predicted octanol–water partition coefficient (Wildman–Crippen LogP) is 3.73. The summed E-state index contributed by atoms with van der Waals surface area (Å²) in [5.74, 6) is 0. The average molecular weight is 216 g/mol. The summed E-state index contributed by atoms with van der Waals surface area (Å²) in [5, 5.41) is 10.1. The normalized spacial score (nSPS) is 12.7. The molecule has 0 aliphatic rings. The lowest BCUT2D eigenvalue weighted by Gasteiger charge is -2.22. The van der Waals surface area contributed by atoms with Gasteiger partial charge in [0, 0.05) is 0 Å². The molecule has 16 heavy (non-hydrogen) atoms. The Morgan fingerprint density at radius 3 is 2.12 bits per heavy atom. The Hall–Kier alpha value is -1.34. The van der Waals surface area contributed by atoms with Gasteiger partial charge in [-0.3, -0.25) is 0 Å². The third kappa shape index (κ3) is 3.35. The van der Waals surface area contributed by atoms with E-state index in [0.717, 1.165) is 16.7 Å². The van der Waals surface area contributed by atoms with Crippen molar-refractivity contribution in [3.63, 3.8) is 0 Å². The van der Waals surface area contributed by atoms with E-state index in [1.54, 1.807) is 13.8 Å². The van der Waals surface area contributed by atoms with Crippen LogP contribution in [0.3, 0.4) is 0 Å². The Kier molecular flexibility index (Phi) is 3.71. The summed E-state index contributed by atoms with van der Waals surface area (Å²) in [7, 11) is 0. The lowest BCUT2D eigenvalue weighted by molar-refractivity contribution is 0.143. The SMILES string of the molecule is C=C(C)/C=C(/c1ccc(C)cc1)C(C)(C)O. The highest BCUT2D eigenvalue weighted by molar-refractivity contribution is 5.73. The van der Waals surface area contributed by atoms with Crippen LogP contribution in [0.4, 0.5) is 0 Å². The van der Waals surface area contributed by atoms with Crippen molar-refractivity contribution in [1.82, 2.24) is 0 Å². The van der Waals surface area contributed by atoms with Gasteiger partial charge in [0.15, 0.2) is 0 Å². The topological polar surface area (TPSA) is 20.2 Å². The maximum absolute atomic E-state index is 10.1. The minimum atomic E-state index is -0.853. The van der Waals surface area contributed by atoms with Crippen molar-refractivity contribution in [2.24, 2.45) is 0 Å². The molecule has 0 atom stereocenters. The van der Waals surface area contributed by atoms with E-state index in [2.05, 4.69) is 13.5 Å². The van der Waals surface area contributed by atoms with E-state index in [1.807, 2.05) is 37.3 Å². The number of benzene rings is 1. The highest BCUT2D eigenvalue weighted by Crippen LogP contribution is 2.28. The van der Waals surface area contributed by atoms with E-state index in [4.69, 9.17) is 0 Å². The molecule has 1 nitrogen and oxygen atoms in total. The molecule has 0 unspecified atom stereocenters. The molecule has 1 aromatic carbocycles. The molecule has 0 aromatic heterocycles. The van der Waals surface area contributed by atoms with Crippen molar-refractivity contribution in [2.45, 2.75) is 33.3 Å². The van der Waals surface area contributed by atoms with E-state index < -0.39 is 5.60 Å². The van der Waals surface area contributed by atoms with E-state index in [1.165, 1.54) is 5.56 Å². The van der Waals surface area contributed by atoms with Gasteiger partial charge in [-0.15, -0.1) is 0 Å². The Morgan fingerprint density at radius 1 is 1.25 bits per heavy atom. The van der Waals surface area contributed by atoms with Gasteiger partial charge in [0.05, 0.1) is 5.60 Å². The van der Waals surface area contributed by atoms with Gasteiger partial charge < -0.3 is 5.11 Å². The van der Waals surface area contributed by atoms with Gasteiger partial charge in [0.25, 0.3) is 0 Å². The summed E-state index contributed by atoms with van der Waals surface area (Å²) in [5.41, 5.74) is 3.25. The fourth-order valence-corrected chi connectivity index (χ4v) is 1.59. The molecule has 0 aliphatic heterocycles. The molecule has 0 amide bonds. The van der Waals surface area contributed by atoms with Crippen molar-refractivity contribution in [3.05, 3.63) is 53.6 Å². The fourth-order valence-electron chi connectivity index (χ4n) is 1.59. The molecular weight excluding hydrogens is 196 g/mol. The molecular formula is C15H20O. The summed E-state index contributed by atoms with van der Waals surface area (Å²) in [6, 6.07) is 8.16. The smallest absolute Gasteiger partial charge is 0.0846 e. The van der Waals surface area contributed by atoms with Gasteiger partial charge in [-0.1, -0.05) is 48.1 Å². The van der Waals surface area contributed by atoms with Crippen LogP contribution in [0.2, 0.25) is 0 Å². The summed E-state index contributed by atoms with van der Waals surface area (Å²) >= 11 is 0. The van der Waals surface area contributed by atoms with Crippen LogP contribution >= 0.6 is 0 Å². The minimum absolute atomic E-state index is 0.853. The van der Waals surface area contributed by atoms with Crippen molar-refractivity contribution >= 4 is 5.57 Å². The number of allylic oxidation sites excluding steroid dienone is 2. The first-order chi connectivity index (χ1) is 7.30. The fraction of sp³-hybridized carbons (Fsp3) is 0.333. The zero-order chi connectivity index (χ0) is 12.3. The number of hydrogen-bond donors (Lipinski definition) is 1. The second-order valence-electron chi connectivity index (χ2n) is 4.83. The third-order valence-corrected chi connectivity index (χ3v) is 2.41. The lowest BCUT2D eigenvalue weighted by Crippen LogP contribution is -2.21. The molecule has 0 saturated heterocycles. The Bertz CT molecular complexity index is 402. The van der Waals surface area contributed by atoms with Crippen molar-refractivity contribution in [1.29, 1.82) is 0 Å². The molecule has 0 fully saturated rings. The highest BCUT2D eigenvalue weighted by Gasteiger charge is 2.20. The van der Waals surface area contributed by atoms with E-state index in [9.17, 15) is 5.11 Å². The van der Waals surface area contributed by atoms with Gasteiger partial charge in [-0.25, -0.2) is 0 Å². The molecule has 1 N–H and O–H groups in total. The number of rotatable bonds is 3. The molecule has 1 aromatic rings. The van der Waals surface area contributed by atoms with Crippen molar-refractivity contribution < 1.29 is 5.11 Å². The molecule has 0 aliphatic carbocycles. The number of hydrogen-bond acceptors (Lipinski definition) is 1. The van der Waals surface area contributed by atoms with Crippen LogP contribution in [0, 0.1) is 6.92 Å². The maximum atomic E-state index is 10.1. The first-order valence-corrected chi connectivity index (χ1v) is 5.48.